The summed E-state index contributed by atoms with van der Waals surface area (Å²) in [4.78, 5) is 24.2. The van der Waals surface area contributed by atoms with Crippen LogP contribution in [0.25, 0.3) is 10.8 Å². The molecule has 0 fully saturated rings. The summed E-state index contributed by atoms with van der Waals surface area (Å²) in [5.41, 5.74) is -0.249. The van der Waals surface area contributed by atoms with Crippen LogP contribution in [-0.2, 0) is 11.3 Å². The van der Waals surface area contributed by atoms with Gasteiger partial charge >= 0.3 is 12.3 Å². The summed E-state index contributed by atoms with van der Waals surface area (Å²) >= 11 is 0. The molecule has 6 nitrogen and oxygen atoms in total. The number of fused-ring (bicyclic) bond motifs is 1. The van der Waals surface area contributed by atoms with Crippen molar-refractivity contribution in [3.05, 3.63) is 70.6 Å². The minimum absolute atomic E-state index is 0.0463. The zero-order valence-corrected chi connectivity index (χ0v) is 13.8. The van der Waals surface area contributed by atoms with Crippen LogP contribution in [0.5, 0.6) is 5.75 Å². The molecular weight excluding hydrogens is 365 g/mol. The molecule has 0 saturated heterocycles. The van der Waals surface area contributed by atoms with E-state index < -0.39 is 18.1 Å². The topological polar surface area (TPSA) is 70.4 Å². The number of aromatic nitrogens is 2. The lowest BCUT2D eigenvalue weighted by Crippen LogP contribution is -2.25. The van der Waals surface area contributed by atoms with E-state index in [1.165, 1.54) is 10.9 Å². The molecular formula is C18H13F3N2O4. The number of hydrogen-bond donors (Lipinski definition) is 0. The predicted octanol–water partition coefficient (Wildman–Crippen LogP) is 3.15. The molecule has 0 bridgehead atoms. The summed E-state index contributed by atoms with van der Waals surface area (Å²) in [6, 6.07) is 11.3. The summed E-state index contributed by atoms with van der Waals surface area (Å²) in [5.74, 6) is -1.17. The van der Waals surface area contributed by atoms with Gasteiger partial charge in [0.15, 0.2) is 0 Å². The summed E-state index contributed by atoms with van der Waals surface area (Å²) in [7, 11) is 0. The number of ether oxygens (including phenoxy) is 2. The van der Waals surface area contributed by atoms with E-state index in [-0.39, 0.29) is 24.3 Å². The molecule has 9 heteroatoms. The number of halogens is 3. The van der Waals surface area contributed by atoms with Gasteiger partial charge in [-0.25, -0.2) is 9.48 Å². The van der Waals surface area contributed by atoms with Crippen molar-refractivity contribution in [3.63, 3.8) is 0 Å². The Hall–Kier alpha value is -3.36. The van der Waals surface area contributed by atoms with Crippen molar-refractivity contribution in [3.8, 4) is 5.75 Å². The third-order valence-corrected chi connectivity index (χ3v) is 3.62. The molecule has 0 amide bonds. The molecule has 1 aromatic heterocycles. The van der Waals surface area contributed by atoms with Crippen LogP contribution in [0.1, 0.15) is 10.4 Å². The van der Waals surface area contributed by atoms with Crippen molar-refractivity contribution in [2.75, 3.05) is 6.61 Å². The normalized spacial score (nSPS) is 11.4. The molecule has 3 aromatic rings. The van der Waals surface area contributed by atoms with E-state index in [9.17, 15) is 22.8 Å². The van der Waals surface area contributed by atoms with Gasteiger partial charge in [0.05, 0.1) is 23.7 Å². The van der Waals surface area contributed by atoms with E-state index in [0.717, 1.165) is 24.3 Å². The van der Waals surface area contributed by atoms with E-state index in [1.807, 2.05) is 0 Å². The van der Waals surface area contributed by atoms with Crippen LogP contribution < -0.4 is 10.3 Å². The van der Waals surface area contributed by atoms with E-state index in [2.05, 4.69) is 9.84 Å². The molecule has 2 aromatic carbocycles. The second-order valence-electron chi connectivity index (χ2n) is 5.47. The maximum Gasteiger partial charge on any atom is 0.573 e. The van der Waals surface area contributed by atoms with Gasteiger partial charge in [0.25, 0.3) is 5.56 Å². The van der Waals surface area contributed by atoms with Crippen molar-refractivity contribution in [2.45, 2.75) is 12.9 Å². The summed E-state index contributed by atoms with van der Waals surface area (Å²) in [5, 5.41) is 5.22. The van der Waals surface area contributed by atoms with Crippen LogP contribution in [0.4, 0.5) is 13.2 Å². The predicted molar refractivity (Wildman–Crippen MR) is 89.4 cm³/mol. The van der Waals surface area contributed by atoms with Crippen LogP contribution in [0.2, 0.25) is 0 Å². The molecule has 0 aliphatic carbocycles. The van der Waals surface area contributed by atoms with Gasteiger partial charge in [0, 0.05) is 5.39 Å². The van der Waals surface area contributed by atoms with Gasteiger partial charge in [0.1, 0.15) is 12.4 Å². The molecule has 0 spiro atoms. The van der Waals surface area contributed by atoms with Gasteiger partial charge in [-0.3, -0.25) is 4.79 Å². The maximum absolute atomic E-state index is 12.3. The number of carbonyl (C=O) groups excluding carboxylic acids is 1. The standard InChI is InChI=1S/C18H13F3N2O4/c19-18(20,21)27-14-7-5-12(6-8-14)17(25)26-10-9-23-16(24)15-4-2-1-3-13(15)11-22-23/h1-8,11H,9-10H2. The van der Waals surface area contributed by atoms with Crippen LogP contribution in [0.15, 0.2) is 59.5 Å². The quantitative estimate of drug-likeness (QED) is 0.638. The number of alkyl halides is 3. The zero-order chi connectivity index (χ0) is 19.4. The first-order valence-corrected chi connectivity index (χ1v) is 7.81. The molecule has 0 radical (unpaired) electrons. The molecule has 3 rings (SSSR count). The monoisotopic (exact) mass is 378 g/mol. The van der Waals surface area contributed by atoms with Gasteiger partial charge < -0.3 is 9.47 Å². The molecule has 0 aliphatic heterocycles. The Labute approximate surface area is 150 Å². The lowest BCUT2D eigenvalue weighted by molar-refractivity contribution is -0.274. The molecule has 1 heterocycles. The Kier molecular flexibility index (Phi) is 5.11. The average Bonchev–Trinajstić information content (AvgIpc) is 2.63. The first kappa shape index (κ1) is 18.4. The van der Waals surface area contributed by atoms with Crippen molar-refractivity contribution in [1.82, 2.24) is 9.78 Å². The van der Waals surface area contributed by atoms with Crippen LogP contribution in [0, 0.1) is 0 Å². The number of benzene rings is 2. The molecule has 0 saturated carbocycles. The first-order chi connectivity index (χ1) is 12.8. The van der Waals surface area contributed by atoms with E-state index in [4.69, 9.17) is 4.74 Å². The van der Waals surface area contributed by atoms with Gasteiger partial charge in [-0.05, 0) is 30.3 Å². The Morgan fingerprint density at radius 3 is 2.48 bits per heavy atom. The molecule has 27 heavy (non-hydrogen) atoms. The third kappa shape index (κ3) is 4.63. The summed E-state index contributed by atoms with van der Waals surface area (Å²) in [6.45, 7) is -0.0739. The smallest absolute Gasteiger partial charge is 0.460 e. The summed E-state index contributed by atoms with van der Waals surface area (Å²) in [6.07, 6.45) is -3.26. The SMILES string of the molecule is O=C(OCCn1ncc2ccccc2c1=O)c1ccc(OC(F)(F)F)cc1. The Bertz CT molecular complexity index is 1010. The molecule has 140 valence electrons. The molecule has 0 aliphatic rings. The van der Waals surface area contributed by atoms with Crippen LogP contribution in [0.3, 0.4) is 0 Å². The number of carbonyl (C=O) groups is 1. The van der Waals surface area contributed by atoms with Crippen molar-refractivity contribution < 1.29 is 27.4 Å². The maximum atomic E-state index is 12.3. The van der Waals surface area contributed by atoms with Gasteiger partial charge in [-0.15, -0.1) is 13.2 Å². The first-order valence-electron chi connectivity index (χ1n) is 7.81. The fraction of sp³-hybridized carbons (Fsp3) is 0.167. The fourth-order valence-corrected chi connectivity index (χ4v) is 2.39. The number of esters is 1. The Morgan fingerprint density at radius 1 is 1.07 bits per heavy atom. The van der Waals surface area contributed by atoms with Crippen LogP contribution >= 0.6 is 0 Å². The summed E-state index contributed by atoms with van der Waals surface area (Å²) < 4.78 is 46.3. The van der Waals surface area contributed by atoms with E-state index in [1.54, 1.807) is 24.3 Å². The number of hydrogen-bond acceptors (Lipinski definition) is 5. The van der Waals surface area contributed by atoms with Gasteiger partial charge in [-0.2, -0.15) is 5.10 Å². The minimum Gasteiger partial charge on any atom is -0.460 e. The highest BCUT2D eigenvalue weighted by Gasteiger charge is 2.31. The number of nitrogens with zero attached hydrogens (tertiary/aromatic N) is 2. The third-order valence-electron chi connectivity index (χ3n) is 3.62. The fourth-order valence-electron chi connectivity index (χ4n) is 2.39. The van der Waals surface area contributed by atoms with Gasteiger partial charge in [-0.1, -0.05) is 18.2 Å². The van der Waals surface area contributed by atoms with Crippen LogP contribution in [-0.4, -0.2) is 28.7 Å². The van der Waals surface area contributed by atoms with Crippen molar-refractivity contribution >= 4 is 16.7 Å². The minimum atomic E-state index is -4.80. The van der Waals surface area contributed by atoms with Crippen molar-refractivity contribution in [2.24, 2.45) is 0 Å². The Balaban J connectivity index is 1.60. The van der Waals surface area contributed by atoms with Crippen molar-refractivity contribution in [1.29, 1.82) is 0 Å². The molecule has 0 unspecified atom stereocenters. The molecule has 0 atom stereocenters. The largest absolute Gasteiger partial charge is 0.573 e. The lowest BCUT2D eigenvalue weighted by atomic mass is 10.2. The highest BCUT2D eigenvalue weighted by Crippen LogP contribution is 2.22. The van der Waals surface area contributed by atoms with Gasteiger partial charge in [0.2, 0.25) is 0 Å². The van der Waals surface area contributed by atoms with E-state index in [0.29, 0.717) is 10.8 Å². The van der Waals surface area contributed by atoms with E-state index >= 15 is 0 Å². The highest BCUT2D eigenvalue weighted by molar-refractivity contribution is 5.89. The zero-order valence-electron chi connectivity index (χ0n) is 13.8. The number of rotatable bonds is 5. The molecule has 0 N–H and O–H groups in total. The second-order valence-corrected chi connectivity index (χ2v) is 5.47. The Morgan fingerprint density at radius 2 is 1.78 bits per heavy atom. The average molecular weight is 378 g/mol. The highest BCUT2D eigenvalue weighted by atomic mass is 19.4. The lowest BCUT2D eigenvalue weighted by Gasteiger charge is -2.09. The second kappa shape index (κ2) is 7.48.